The summed E-state index contributed by atoms with van der Waals surface area (Å²) < 4.78 is 10.5. The third-order valence-corrected chi connectivity index (χ3v) is 5.38. The quantitative estimate of drug-likeness (QED) is 0.595. The molecular formula is C22H23NO4S. The molecule has 146 valence electrons. The summed E-state index contributed by atoms with van der Waals surface area (Å²) in [7, 11) is 3.12. The van der Waals surface area contributed by atoms with Crippen LogP contribution in [0.2, 0.25) is 0 Å². The number of amides is 2. The lowest BCUT2D eigenvalue weighted by atomic mass is 10.1. The van der Waals surface area contributed by atoms with Crippen LogP contribution in [0, 0.1) is 0 Å². The van der Waals surface area contributed by atoms with E-state index in [1.165, 1.54) is 10.5 Å². The van der Waals surface area contributed by atoms with Crippen LogP contribution in [0.15, 0.2) is 47.4 Å². The maximum atomic E-state index is 12.8. The summed E-state index contributed by atoms with van der Waals surface area (Å²) in [4.78, 5) is 26.9. The molecule has 0 unspecified atom stereocenters. The highest BCUT2D eigenvalue weighted by atomic mass is 32.2. The number of ether oxygens (including phenoxy) is 2. The van der Waals surface area contributed by atoms with Crippen molar-refractivity contribution in [1.29, 1.82) is 0 Å². The van der Waals surface area contributed by atoms with Gasteiger partial charge in [-0.15, -0.1) is 0 Å². The third kappa shape index (κ3) is 4.22. The number of carbonyl (C=O) groups is 2. The standard InChI is InChI=1S/C22H23NO4S/c1-4-5-6-15-7-10-17(11-8-15)23-21(24)20(28-22(23)25)14-16-9-12-18(26-2)19(13-16)27-3/h7-14H,4-6H2,1-3H3/b20-14-. The average molecular weight is 397 g/mol. The molecule has 2 aromatic rings. The minimum atomic E-state index is -0.314. The van der Waals surface area contributed by atoms with E-state index in [9.17, 15) is 9.59 Å². The zero-order valence-corrected chi connectivity index (χ0v) is 17.0. The van der Waals surface area contributed by atoms with Crippen LogP contribution in [-0.4, -0.2) is 25.4 Å². The molecule has 1 fully saturated rings. The minimum absolute atomic E-state index is 0.293. The van der Waals surface area contributed by atoms with Crippen molar-refractivity contribution in [3.05, 3.63) is 58.5 Å². The SMILES string of the molecule is CCCCc1ccc(N2C(=O)S/C(=C\c3ccc(OC)c(OC)c3)C2=O)cc1. The molecule has 1 saturated heterocycles. The molecule has 6 heteroatoms. The van der Waals surface area contributed by atoms with Crippen LogP contribution in [0.5, 0.6) is 11.5 Å². The lowest BCUT2D eigenvalue weighted by Crippen LogP contribution is -2.27. The number of thioether (sulfide) groups is 1. The number of rotatable bonds is 7. The van der Waals surface area contributed by atoms with E-state index in [4.69, 9.17) is 9.47 Å². The number of benzene rings is 2. The molecule has 0 aliphatic carbocycles. The topological polar surface area (TPSA) is 55.8 Å². The number of anilines is 1. The molecule has 0 aromatic heterocycles. The van der Waals surface area contributed by atoms with E-state index < -0.39 is 0 Å². The van der Waals surface area contributed by atoms with Gasteiger partial charge in [-0.1, -0.05) is 31.5 Å². The molecule has 0 bridgehead atoms. The van der Waals surface area contributed by atoms with Crippen molar-refractivity contribution in [3.8, 4) is 11.5 Å². The van der Waals surface area contributed by atoms with Crippen molar-refractivity contribution in [3.63, 3.8) is 0 Å². The van der Waals surface area contributed by atoms with Crippen molar-refractivity contribution < 1.29 is 19.1 Å². The molecule has 0 spiro atoms. The van der Waals surface area contributed by atoms with Gasteiger partial charge in [-0.05, 0) is 66.1 Å². The Morgan fingerprint density at radius 1 is 1.00 bits per heavy atom. The molecular weight excluding hydrogens is 374 g/mol. The lowest BCUT2D eigenvalue weighted by Gasteiger charge is -2.13. The number of nitrogens with zero attached hydrogens (tertiary/aromatic N) is 1. The Balaban J connectivity index is 1.82. The Kier molecular flexibility index (Phi) is 6.41. The van der Waals surface area contributed by atoms with Gasteiger partial charge < -0.3 is 9.47 Å². The maximum Gasteiger partial charge on any atom is 0.298 e. The summed E-state index contributed by atoms with van der Waals surface area (Å²) in [6, 6.07) is 13.0. The summed E-state index contributed by atoms with van der Waals surface area (Å²) >= 11 is 0.939. The highest BCUT2D eigenvalue weighted by molar-refractivity contribution is 8.19. The highest BCUT2D eigenvalue weighted by Gasteiger charge is 2.36. The maximum absolute atomic E-state index is 12.8. The fraction of sp³-hybridized carbons (Fsp3) is 0.273. The third-order valence-electron chi connectivity index (χ3n) is 4.51. The molecule has 0 radical (unpaired) electrons. The van der Waals surface area contributed by atoms with Gasteiger partial charge in [0.1, 0.15) is 0 Å². The smallest absolute Gasteiger partial charge is 0.298 e. The first-order chi connectivity index (χ1) is 13.6. The summed E-state index contributed by atoms with van der Waals surface area (Å²) in [5.74, 6) is 0.861. The van der Waals surface area contributed by atoms with Gasteiger partial charge in [0.25, 0.3) is 11.1 Å². The Labute approximate surface area is 169 Å². The van der Waals surface area contributed by atoms with Crippen LogP contribution in [0.1, 0.15) is 30.9 Å². The zero-order chi connectivity index (χ0) is 20.1. The van der Waals surface area contributed by atoms with E-state index in [1.54, 1.807) is 32.4 Å². The monoisotopic (exact) mass is 397 g/mol. The van der Waals surface area contributed by atoms with Crippen molar-refractivity contribution >= 4 is 34.7 Å². The van der Waals surface area contributed by atoms with Crippen LogP contribution in [0.3, 0.4) is 0 Å². The van der Waals surface area contributed by atoms with Crippen LogP contribution in [0.25, 0.3) is 6.08 Å². The van der Waals surface area contributed by atoms with Gasteiger partial charge in [0.15, 0.2) is 11.5 Å². The largest absolute Gasteiger partial charge is 0.493 e. The van der Waals surface area contributed by atoms with Gasteiger partial charge in [0.2, 0.25) is 0 Å². The molecule has 2 amide bonds. The van der Waals surface area contributed by atoms with Crippen LogP contribution < -0.4 is 14.4 Å². The van der Waals surface area contributed by atoms with Gasteiger partial charge in [-0.25, -0.2) is 4.90 Å². The van der Waals surface area contributed by atoms with E-state index >= 15 is 0 Å². The Morgan fingerprint density at radius 2 is 1.71 bits per heavy atom. The molecule has 1 heterocycles. The fourth-order valence-electron chi connectivity index (χ4n) is 2.98. The number of hydrogen-bond acceptors (Lipinski definition) is 5. The minimum Gasteiger partial charge on any atom is -0.493 e. The predicted molar refractivity (Wildman–Crippen MR) is 113 cm³/mol. The highest BCUT2D eigenvalue weighted by Crippen LogP contribution is 2.37. The Hall–Kier alpha value is -2.73. The molecule has 3 rings (SSSR count). The number of methoxy groups -OCH3 is 2. The van der Waals surface area contributed by atoms with E-state index in [0.717, 1.165) is 36.6 Å². The van der Waals surface area contributed by atoms with Gasteiger partial charge in [0.05, 0.1) is 24.8 Å². The molecule has 2 aromatic carbocycles. The summed E-state index contributed by atoms with van der Waals surface area (Å²) in [6.07, 6.45) is 4.95. The van der Waals surface area contributed by atoms with Crippen LogP contribution >= 0.6 is 11.8 Å². The second-order valence-electron chi connectivity index (χ2n) is 6.40. The fourth-order valence-corrected chi connectivity index (χ4v) is 3.82. The van der Waals surface area contributed by atoms with Crippen molar-refractivity contribution in [2.75, 3.05) is 19.1 Å². The van der Waals surface area contributed by atoms with Crippen molar-refractivity contribution in [2.24, 2.45) is 0 Å². The van der Waals surface area contributed by atoms with Crippen LogP contribution in [-0.2, 0) is 11.2 Å². The number of imide groups is 1. The van der Waals surface area contributed by atoms with Gasteiger partial charge in [-0.3, -0.25) is 9.59 Å². The first-order valence-corrected chi connectivity index (χ1v) is 9.98. The predicted octanol–water partition coefficient (Wildman–Crippen LogP) is 5.29. The lowest BCUT2D eigenvalue weighted by molar-refractivity contribution is -0.113. The number of aryl methyl sites for hydroxylation is 1. The summed E-state index contributed by atoms with van der Waals surface area (Å²) in [5, 5.41) is -0.293. The van der Waals surface area contributed by atoms with Crippen molar-refractivity contribution in [2.45, 2.75) is 26.2 Å². The zero-order valence-electron chi connectivity index (χ0n) is 16.2. The second kappa shape index (κ2) is 8.97. The Morgan fingerprint density at radius 3 is 2.36 bits per heavy atom. The van der Waals surface area contributed by atoms with E-state index in [0.29, 0.717) is 22.1 Å². The van der Waals surface area contributed by atoms with Gasteiger partial charge in [0, 0.05) is 0 Å². The first kappa shape index (κ1) is 20.0. The molecule has 0 N–H and O–H groups in total. The average Bonchev–Trinajstić information content (AvgIpc) is 2.99. The number of hydrogen-bond donors (Lipinski definition) is 0. The van der Waals surface area contributed by atoms with Gasteiger partial charge in [-0.2, -0.15) is 0 Å². The first-order valence-electron chi connectivity index (χ1n) is 9.16. The van der Waals surface area contributed by atoms with Gasteiger partial charge >= 0.3 is 0 Å². The molecule has 1 aliphatic heterocycles. The molecule has 0 atom stereocenters. The van der Waals surface area contributed by atoms with Crippen molar-refractivity contribution in [1.82, 2.24) is 0 Å². The van der Waals surface area contributed by atoms with Crippen LogP contribution in [0.4, 0.5) is 10.5 Å². The second-order valence-corrected chi connectivity index (χ2v) is 7.39. The summed E-state index contributed by atoms with van der Waals surface area (Å²) in [6.45, 7) is 2.15. The molecule has 5 nitrogen and oxygen atoms in total. The van der Waals surface area contributed by atoms with E-state index in [2.05, 4.69) is 6.92 Å². The van der Waals surface area contributed by atoms with E-state index in [-0.39, 0.29) is 11.1 Å². The van der Waals surface area contributed by atoms with E-state index in [1.807, 2.05) is 30.3 Å². The Bertz CT molecular complexity index is 905. The molecule has 1 aliphatic rings. The molecule has 0 saturated carbocycles. The number of carbonyl (C=O) groups excluding carboxylic acids is 2. The molecule has 28 heavy (non-hydrogen) atoms. The normalized spacial score (nSPS) is 15.4. The number of unbranched alkanes of at least 4 members (excludes halogenated alkanes) is 1. The summed E-state index contributed by atoms with van der Waals surface area (Å²) in [5.41, 5.74) is 2.56.